The molecular formula is C32H28BF4N. The van der Waals surface area contributed by atoms with Crippen molar-refractivity contribution in [3.8, 4) is 0 Å². The van der Waals surface area contributed by atoms with E-state index in [1.54, 1.807) is 24.3 Å². The van der Waals surface area contributed by atoms with Crippen molar-refractivity contribution in [2.45, 2.75) is 0 Å². The molecule has 0 bridgehead atoms. The van der Waals surface area contributed by atoms with Crippen molar-refractivity contribution in [1.82, 2.24) is 0 Å². The van der Waals surface area contributed by atoms with E-state index in [1.165, 1.54) is 83.4 Å². The lowest BCUT2D eigenvalue weighted by molar-refractivity contribution is -0.786. The zero-order chi connectivity index (χ0) is 27.1. The lowest BCUT2D eigenvalue weighted by atomic mass is 9.12. The van der Waals surface area contributed by atoms with Crippen LogP contribution in [0.5, 0.6) is 0 Å². The number of benzene rings is 5. The molecule has 0 saturated heterocycles. The summed E-state index contributed by atoms with van der Waals surface area (Å²) in [5, 5.41) is 0. The first-order valence-corrected chi connectivity index (χ1v) is 12.4. The summed E-state index contributed by atoms with van der Waals surface area (Å²) >= 11 is 0. The fourth-order valence-electron chi connectivity index (χ4n) is 5.08. The highest BCUT2D eigenvalue weighted by molar-refractivity contribution is 7.20. The number of hydrogen-bond acceptors (Lipinski definition) is 0. The first-order chi connectivity index (χ1) is 18.4. The van der Waals surface area contributed by atoms with Gasteiger partial charge >= 0.3 is 0 Å². The van der Waals surface area contributed by atoms with E-state index in [-0.39, 0.29) is 21.9 Å². The second-order valence-corrected chi connectivity index (χ2v) is 9.32. The molecule has 0 aliphatic carbocycles. The molecule has 0 spiro atoms. The summed E-state index contributed by atoms with van der Waals surface area (Å²) in [4.78, 5) is 1.37. The zero-order valence-electron chi connectivity index (χ0n) is 21.2. The van der Waals surface area contributed by atoms with Crippen molar-refractivity contribution in [3.63, 3.8) is 0 Å². The van der Waals surface area contributed by atoms with Crippen molar-refractivity contribution >= 4 is 33.7 Å². The molecule has 0 aromatic heterocycles. The summed E-state index contributed by atoms with van der Waals surface area (Å²) in [7, 11) is 4.24. The standard InChI is InChI=1S/C24H16BF4.C8H11N/c26-21-13-5-1-9-17(21)25(18-10-2-6-14-22(18)27,19-11-3-7-15-23(19)28)20-12-4-8-16-24(20)29;1-9(2)8-6-4-3-5-7-8/h1-16H;3-7H,1-2H3/q-1;/p+1. The third kappa shape index (κ3) is 5.27. The molecule has 0 aliphatic heterocycles. The summed E-state index contributed by atoms with van der Waals surface area (Å²) in [6, 6.07) is 33.4. The fourth-order valence-corrected chi connectivity index (χ4v) is 5.08. The van der Waals surface area contributed by atoms with Gasteiger partial charge in [-0.1, -0.05) is 91.0 Å². The van der Waals surface area contributed by atoms with E-state index in [4.69, 9.17) is 0 Å². The minimum atomic E-state index is -2.82. The average Bonchev–Trinajstić information content (AvgIpc) is 2.93. The van der Waals surface area contributed by atoms with E-state index in [0.717, 1.165) is 0 Å². The van der Waals surface area contributed by atoms with Crippen LogP contribution in [0.1, 0.15) is 0 Å². The van der Waals surface area contributed by atoms with Crippen LogP contribution in [-0.2, 0) is 0 Å². The lowest BCUT2D eigenvalue weighted by Gasteiger charge is -2.44. The Morgan fingerprint density at radius 2 is 0.658 bits per heavy atom. The maximum atomic E-state index is 15.2. The van der Waals surface area contributed by atoms with E-state index in [0.29, 0.717) is 0 Å². The van der Waals surface area contributed by atoms with Crippen LogP contribution in [0, 0.1) is 23.3 Å². The van der Waals surface area contributed by atoms with Crippen LogP contribution in [-0.4, -0.2) is 20.2 Å². The predicted octanol–water partition coefficient (Wildman–Crippen LogP) is 4.08. The van der Waals surface area contributed by atoms with Crippen LogP contribution >= 0.6 is 0 Å². The lowest BCUT2D eigenvalue weighted by Crippen LogP contribution is -3.00. The SMILES string of the molecule is C[NH+](C)c1ccccc1.Fc1ccccc1[B-](c1ccccc1F)(c1ccccc1F)c1ccccc1F. The highest BCUT2D eigenvalue weighted by Gasteiger charge is 2.38. The second-order valence-electron chi connectivity index (χ2n) is 9.32. The van der Waals surface area contributed by atoms with Gasteiger partial charge in [-0.25, -0.2) is 17.6 Å². The molecule has 192 valence electrons. The molecular weight excluding hydrogens is 485 g/mol. The summed E-state index contributed by atoms with van der Waals surface area (Å²) in [6.07, 6.45) is -2.82. The van der Waals surface area contributed by atoms with Crippen LogP contribution in [0.2, 0.25) is 0 Å². The number of quaternary nitrogens is 1. The van der Waals surface area contributed by atoms with Gasteiger partial charge in [0.15, 0.2) is 0 Å². The molecule has 1 N–H and O–H groups in total. The fraction of sp³-hybridized carbons (Fsp3) is 0.0625. The van der Waals surface area contributed by atoms with Gasteiger partial charge < -0.3 is 4.90 Å². The summed E-state index contributed by atoms with van der Waals surface area (Å²) in [5.41, 5.74) is 1.42. The quantitative estimate of drug-likeness (QED) is 0.267. The first kappa shape index (κ1) is 26.9. The van der Waals surface area contributed by atoms with Gasteiger partial charge in [-0.15, -0.1) is 0 Å². The van der Waals surface area contributed by atoms with Gasteiger partial charge in [-0.2, -0.15) is 21.9 Å². The van der Waals surface area contributed by atoms with Crippen LogP contribution in [0.4, 0.5) is 23.2 Å². The van der Waals surface area contributed by atoms with Crippen LogP contribution in [0.3, 0.4) is 0 Å². The van der Waals surface area contributed by atoms with Crippen LogP contribution in [0.15, 0.2) is 127 Å². The molecule has 6 heteroatoms. The Bertz CT molecular complexity index is 1320. The van der Waals surface area contributed by atoms with Crippen molar-refractivity contribution in [1.29, 1.82) is 0 Å². The summed E-state index contributed by atoms with van der Waals surface area (Å²) < 4.78 is 60.7. The number of para-hydroxylation sites is 1. The van der Waals surface area contributed by atoms with Gasteiger partial charge in [0.05, 0.1) is 37.4 Å². The molecule has 5 aromatic carbocycles. The molecule has 38 heavy (non-hydrogen) atoms. The second kappa shape index (κ2) is 11.9. The highest BCUT2D eigenvalue weighted by Crippen LogP contribution is 2.16. The highest BCUT2D eigenvalue weighted by atomic mass is 19.1. The van der Waals surface area contributed by atoms with E-state index in [9.17, 15) is 0 Å². The molecule has 0 heterocycles. The van der Waals surface area contributed by atoms with Crippen molar-refractivity contribution in [2.75, 3.05) is 14.1 Å². The minimum Gasteiger partial charge on any atom is -0.307 e. The van der Waals surface area contributed by atoms with Gasteiger partial charge in [0.1, 0.15) is 11.8 Å². The molecule has 0 unspecified atom stereocenters. The Labute approximate surface area is 220 Å². The van der Waals surface area contributed by atoms with E-state index < -0.39 is 29.4 Å². The zero-order valence-corrected chi connectivity index (χ0v) is 21.2. The molecule has 0 saturated carbocycles. The van der Waals surface area contributed by atoms with Gasteiger partial charge in [0.25, 0.3) is 0 Å². The molecule has 0 fully saturated rings. The number of nitrogens with one attached hydrogen (secondary N) is 1. The Hall–Kier alpha value is -4.16. The largest absolute Gasteiger partial charge is 0.307 e. The Kier molecular flexibility index (Phi) is 8.44. The topological polar surface area (TPSA) is 4.44 Å². The van der Waals surface area contributed by atoms with Gasteiger partial charge in [-0.05, 0) is 36.4 Å². The van der Waals surface area contributed by atoms with Gasteiger partial charge in [0.2, 0.25) is 0 Å². The number of halogens is 4. The van der Waals surface area contributed by atoms with Crippen molar-refractivity contribution in [2.24, 2.45) is 0 Å². The summed E-state index contributed by atoms with van der Waals surface area (Å²) in [5.74, 6) is -2.66. The maximum absolute atomic E-state index is 15.2. The van der Waals surface area contributed by atoms with E-state index in [2.05, 4.69) is 38.4 Å². The molecule has 0 aliphatic rings. The Balaban J connectivity index is 0.000000317. The molecule has 0 radical (unpaired) electrons. The number of rotatable bonds is 5. The normalized spacial score (nSPS) is 11.1. The maximum Gasteiger partial charge on any atom is 0.130 e. The van der Waals surface area contributed by atoms with Gasteiger partial charge in [-0.3, -0.25) is 0 Å². The van der Waals surface area contributed by atoms with E-state index >= 15 is 17.6 Å². The molecule has 5 aromatic rings. The number of hydrogen-bond donors (Lipinski definition) is 1. The predicted molar refractivity (Wildman–Crippen MR) is 149 cm³/mol. The monoisotopic (exact) mass is 513 g/mol. The van der Waals surface area contributed by atoms with Crippen LogP contribution < -0.4 is 26.8 Å². The van der Waals surface area contributed by atoms with Gasteiger partial charge in [0, 0.05) is 0 Å². The molecule has 1 nitrogen and oxygen atoms in total. The molecule has 5 rings (SSSR count). The minimum absolute atomic E-state index is 0.0211. The average molecular weight is 513 g/mol. The smallest absolute Gasteiger partial charge is 0.130 e. The Morgan fingerprint density at radius 3 is 0.895 bits per heavy atom. The van der Waals surface area contributed by atoms with Crippen LogP contribution in [0.25, 0.3) is 0 Å². The Morgan fingerprint density at radius 1 is 0.395 bits per heavy atom. The third-order valence-electron chi connectivity index (χ3n) is 6.84. The van der Waals surface area contributed by atoms with Crippen molar-refractivity contribution in [3.05, 3.63) is 151 Å². The first-order valence-electron chi connectivity index (χ1n) is 12.4. The summed E-state index contributed by atoms with van der Waals surface area (Å²) in [6.45, 7) is 0. The molecule has 0 atom stereocenters. The van der Waals surface area contributed by atoms with Crippen molar-refractivity contribution < 1.29 is 22.5 Å². The van der Waals surface area contributed by atoms with E-state index in [1.807, 2.05) is 6.07 Å². The third-order valence-corrected chi connectivity index (χ3v) is 6.84. The molecule has 0 amide bonds.